The molecule has 0 saturated carbocycles. The number of aromatic nitrogens is 3. The number of nitrogens with one attached hydrogen (secondary N) is 2. The van der Waals surface area contributed by atoms with Crippen LogP contribution in [0.5, 0.6) is 0 Å². The minimum atomic E-state index is 0.497. The van der Waals surface area contributed by atoms with Gasteiger partial charge in [0, 0.05) is 41.5 Å². The zero-order valence-electron chi connectivity index (χ0n) is 16.3. The summed E-state index contributed by atoms with van der Waals surface area (Å²) in [7, 11) is 0. The summed E-state index contributed by atoms with van der Waals surface area (Å²) in [4.78, 5) is 6.14. The Morgan fingerprint density at radius 1 is 1.11 bits per heavy atom. The molecule has 28 heavy (non-hydrogen) atoms. The molecule has 1 aliphatic rings. The summed E-state index contributed by atoms with van der Waals surface area (Å²) >= 11 is 0. The van der Waals surface area contributed by atoms with Crippen LogP contribution < -0.4 is 0 Å². The Balaban J connectivity index is 1.35. The predicted octanol–water partition coefficient (Wildman–Crippen LogP) is 5.25. The van der Waals surface area contributed by atoms with Gasteiger partial charge in [0.05, 0.1) is 6.20 Å². The van der Waals surface area contributed by atoms with Crippen LogP contribution in [0.3, 0.4) is 0 Å². The molecule has 0 radical (unpaired) electrons. The van der Waals surface area contributed by atoms with Gasteiger partial charge >= 0.3 is 0 Å². The summed E-state index contributed by atoms with van der Waals surface area (Å²) in [5.74, 6) is 0.497. The molecule has 0 aliphatic carbocycles. The van der Waals surface area contributed by atoms with Crippen molar-refractivity contribution in [2.75, 3.05) is 13.1 Å². The Kier molecular flexibility index (Phi) is 4.49. The number of rotatable bonds is 4. The van der Waals surface area contributed by atoms with Crippen molar-refractivity contribution in [2.45, 2.75) is 32.2 Å². The number of hydrogen-bond acceptors (Lipinski definition) is 2. The van der Waals surface area contributed by atoms with Crippen molar-refractivity contribution in [3.8, 4) is 11.1 Å². The molecule has 2 aromatic carbocycles. The lowest BCUT2D eigenvalue weighted by molar-refractivity contribution is 0.197. The summed E-state index contributed by atoms with van der Waals surface area (Å²) in [5.41, 5.74) is 7.59. The Hall–Kier alpha value is -2.85. The predicted molar refractivity (Wildman–Crippen MR) is 114 cm³/mol. The molecule has 1 saturated heterocycles. The van der Waals surface area contributed by atoms with Gasteiger partial charge in [0.1, 0.15) is 0 Å². The van der Waals surface area contributed by atoms with E-state index in [1.165, 1.54) is 51.8 Å². The molecule has 1 fully saturated rings. The highest BCUT2D eigenvalue weighted by atomic mass is 15.2. The molecular weight excluding hydrogens is 344 g/mol. The van der Waals surface area contributed by atoms with Gasteiger partial charge in [0.15, 0.2) is 0 Å². The average Bonchev–Trinajstić information content (AvgIpc) is 3.35. The minimum Gasteiger partial charge on any atom is -0.357 e. The normalized spacial score (nSPS) is 18.0. The molecule has 4 nitrogen and oxygen atoms in total. The second kappa shape index (κ2) is 7.28. The quantitative estimate of drug-likeness (QED) is 0.516. The number of aromatic amines is 2. The Bertz CT molecular complexity index is 1040. The molecule has 0 spiro atoms. The van der Waals surface area contributed by atoms with Crippen molar-refractivity contribution < 1.29 is 0 Å². The smallest absolute Gasteiger partial charge is 0.0568 e. The second-order valence-electron chi connectivity index (χ2n) is 8.02. The minimum absolute atomic E-state index is 0.497. The topological polar surface area (TPSA) is 47.7 Å². The maximum Gasteiger partial charge on any atom is 0.0568 e. The molecule has 4 heteroatoms. The summed E-state index contributed by atoms with van der Waals surface area (Å²) in [5, 5.41) is 8.99. The number of para-hydroxylation sites is 1. The number of hydrogen-bond donors (Lipinski definition) is 2. The molecule has 3 heterocycles. The van der Waals surface area contributed by atoms with Crippen LogP contribution >= 0.6 is 0 Å². The van der Waals surface area contributed by atoms with E-state index in [-0.39, 0.29) is 0 Å². The SMILES string of the molecule is Cc1ccc(-c2cn[nH]c2[C@H]2CCCN(Cc3cc4ccccc4[nH]3)C2)cc1. The molecule has 0 unspecified atom stereocenters. The van der Waals surface area contributed by atoms with Crippen LogP contribution in [-0.2, 0) is 6.54 Å². The van der Waals surface area contributed by atoms with E-state index in [9.17, 15) is 0 Å². The van der Waals surface area contributed by atoms with Gasteiger partial charge in [0.25, 0.3) is 0 Å². The highest BCUT2D eigenvalue weighted by Crippen LogP contribution is 2.33. The van der Waals surface area contributed by atoms with Crippen molar-refractivity contribution in [3.63, 3.8) is 0 Å². The van der Waals surface area contributed by atoms with E-state index in [1.54, 1.807) is 0 Å². The fourth-order valence-corrected chi connectivity index (χ4v) is 4.46. The van der Waals surface area contributed by atoms with Gasteiger partial charge in [-0.1, -0.05) is 48.0 Å². The number of piperidine rings is 1. The van der Waals surface area contributed by atoms with Crippen molar-refractivity contribution in [1.29, 1.82) is 0 Å². The first-order valence-corrected chi connectivity index (χ1v) is 10.2. The van der Waals surface area contributed by atoms with Crippen LogP contribution in [0.2, 0.25) is 0 Å². The largest absolute Gasteiger partial charge is 0.357 e. The highest BCUT2D eigenvalue weighted by molar-refractivity contribution is 5.80. The summed E-state index contributed by atoms with van der Waals surface area (Å²) in [6, 6.07) is 19.6. The third kappa shape index (κ3) is 3.36. The molecule has 1 atom stereocenters. The zero-order valence-corrected chi connectivity index (χ0v) is 16.3. The molecule has 4 aromatic rings. The van der Waals surface area contributed by atoms with E-state index in [0.717, 1.165) is 19.6 Å². The van der Waals surface area contributed by atoms with Crippen molar-refractivity contribution in [1.82, 2.24) is 20.1 Å². The average molecular weight is 371 g/mol. The summed E-state index contributed by atoms with van der Waals surface area (Å²) in [6.45, 7) is 5.32. The first kappa shape index (κ1) is 17.3. The van der Waals surface area contributed by atoms with E-state index in [1.807, 2.05) is 6.20 Å². The van der Waals surface area contributed by atoms with Gasteiger partial charge in [-0.05, 0) is 49.4 Å². The van der Waals surface area contributed by atoms with E-state index >= 15 is 0 Å². The van der Waals surface area contributed by atoms with Crippen LogP contribution in [0.25, 0.3) is 22.0 Å². The maximum absolute atomic E-state index is 4.38. The number of aryl methyl sites for hydroxylation is 1. The van der Waals surface area contributed by atoms with Crippen molar-refractivity contribution in [2.24, 2.45) is 0 Å². The Labute approximate surface area is 165 Å². The lowest BCUT2D eigenvalue weighted by Gasteiger charge is -2.32. The third-order valence-electron chi connectivity index (χ3n) is 5.92. The van der Waals surface area contributed by atoms with Gasteiger partial charge in [-0.3, -0.25) is 10.00 Å². The fourth-order valence-electron chi connectivity index (χ4n) is 4.46. The Morgan fingerprint density at radius 3 is 2.82 bits per heavy atom. The van der Waals surface area contributed by atoms with Crippen molar-refractivity contribution in [3.05, 3.63) is 77.7 Å². The Morgan fingerprint density at radius 2 is 1.96 bits per heavy atom. The van der Waals surface area contributed by atoms with E-state index in [2.05, 4.69) is 81.6 Å². The monoisotopic (exact) mass is 370 g/mol. The lowest BCUT2D eigenvalue weighted by Crippen LogP contribution is -2.34. The zero-order chi connectivity index (χ0) is 18.9. The molecule has 0 amide bonds. The van der Waals surface area contributed by atoms with Gasteiger partial charge < -0.3 is 4.98 Å². The third-order valence-corrected chi connectivity index (χ3v) is 5.92. The first-order chi connectivity index (χ1) is 13.8. The summed E-state index contributed by atoms with van der Waals surface area (Å²) in [6.07, 6.45) is 4.41. The maximum atomic E-state index is 4.38. The summed E-state index contributed by atoms with van der Waals surface area (Å²) < 4.78 is 0. The van der Waals surface area contributed by atoms with E-state index in [0.29, 0.717) is 5.92 Å². The number of nitrogens with zero attached hydrogens (tertiary/aromatic N) is 2. The molecular formula is C24H26N4. The molecule has 1 aliphatic heterocycles. The van der Waals surface area contributed by atoms with Crippen molar-refractivity contribution >= 4 is 10.9 Å². The molecule has 5 rings (SSSR count). The second-order valence-corrected chi connectivity index (χ2v) is 8.02. The highest BCUT2D eigenvalue weighted by Gasteiger charge is 2.25. The lowest BCUT2D eigenvalue weighted by atomic mass is 9.90. The number of benzene rings is 2. The van der Waals surface area contributed by atoms with Gasteiger partial charge in [-0.2, -0.15) is 5.10 Å². The van der Waals surface area contributed by atoms with Gasteiger partial charge in [-0.15, -0.1) is 0 Å². The van der Waals surface area contributed by atoms with Crippen LogP contribution in [0.1, 0.15) is 35.7 Å². The van der Waals surface area contributed by atoms with Crippen LogP contribution in [-0.4, -0.2) is 33.2 Å². The van der Waals surface area contributed by atoms with Gasteiger partial charge in [-0.25, -0.2) is 0 Å². The standard InChI is InChI=1S/C24H26N4/c1-17-8-10-18(11-9-17)22-14-25-27-24(22)20-6-4-12-28(15-20)16-21-13-19-5-2-3-7-23(19)26-21/h2-3,5,7-11,13-14,20,26H,4,6,12,15-16H2,1H3,(H,25,27)/t20-/m0/s1. The van der Waals surface area contributed by atoms with Crippen LogP contribution in [0.4, 0.5) is 0 Å². The molecule has 2 aromatic heterocycles. The number of likely N-dealkylation sites (tertiary alicyclic amines) is 1. The van der Waals surface area contributed by atoms with Crippen LogP contribution in [0.15, 0.2) is 60.8 Å². The van der Waals surface area contributed by atoms with E-state index in [4.69, 9.17) is 0 Å². The van der Waals surface area contributed by atoms with Crippen LogP contribution in [0, 0.1) is 6.92 Å². The van der Waals surface area contributed by atoms with Gasteiger partial charge in [0.2, 0.25) is 0 Å². The molecule has 2 N–H and O–H groups in total. The number of H-pyrrole nitrogens is 2. The first-order valence-electron chi connectivity index (χ1n) is 10.2. The molecule has 0 bridgehead atoms. The fraction of sp³-hybridized carbons (Fsp3) is 0.292. The molecule has 142 valence electrons. The number of fused-ring (bicyclic) bond motifs is 1. The van der Waals surface area contributed by atoms with E-state index < -0.39 is 0 Å².